The highest BCUT2D eigenvalue weighted by Gasteiger charge is 2.16. The van der Waals surface area contributed by atoms with Crippen molar-refractivity contribution >= 4 is 5.97 Å². The minimum atomic E-state index is -0.894. The predicted octanol–water partition coefficient (Wildman–Crippen LogP) is 1.59. The summed E-state index contributed by atoms with van der Waals surface area (Å²) in [5.41, 5.74) is 1.15. The molecule has 15 heavy (non-hydrogen) atoms. The maximum atomic E-state index is 10.8. The number of hydrogen-bond donors (Lipinski definition) is 2. The van der Waals surface area contributed by atoms with Crippen LogP contribution in [0, 0.1) is 0 Å². The van der Waals surface area contributed by atoms with Gasteiger partial charge in [0.1, 0.15) is 0 Å². The first-order chi connectivity index (χ1) is 7.27. The average molecular weight is 206 g/mol. The molecule has 80 valence electrons. The van der Waals surface area contributed by atoms with Crippen LogP contribution in [0.3, 0.4) is 0 Å². The molecular weight excluding hydrogens is 192 g/mol. The Labute approximate surface area is 88.3 Å². The van der Waals surface area contributed by atoms with Crippen LogP contribution in [0.5, 0.6) is 0 Å². The monoisotopic (exact) mass is 206 g/mol. The zero-order valence-corrected chi connectivity index (χ0v) is 8.44. The number of carboxylic acids is 1. The maximum Gasteiger partial charge on any atom is 0.335 e. The summed E-state index contributed by atoms with van der Waals surface area (Å²) in [5.74, 6) is -0.894. The molecule has 0 radical (unpaired) electrons. The third-order valence-corrected chi connectivity index (χ3v) is 2.70. The number of aromatic carboxylic acids is 1. The highest BCUT2D eigenvalue weighted by Crippen LogP contribution is 2.21. The summed E-state index contributed by atoms with van der Waals surface area (Å²) in [6.45, 7) is 0.990. The van der Waals surface area contributed by atoms with Gasteiger partial charge in [-0.05, 0) is 31.5 Å². The molecule has 0 spiro atoms. The Morgan fingerprint density at radius 3 is 3.07 bits per heavy atom. The molecule has 4 heteroatoms. The van der Waals surface area contributed by atoms with Gasteiger partial charge in [-0.15, -0.1) is 0 Å². The number of piperidine rings is 1. The van der Waals surface area contributed by atoms with Gasteiger partial charge in [-0.3, -0.25) is 4.98 Å². The van der Waals surface area contributed by atoms with Gasteiger partial charge >= 0.3 is 5.97 Å². The molecule has 2 rings (SSSR count). The SMILES string of the molecule is O=C(O)c1ccnc(C2CCCCN2)c1. The molecule has 4 nitrogen and oxygen atoms in total. The molecular formula is C11H14N2O2. The van der Waals surface area contributed by atoms with Gasteiger partial charge in [0, 0.05) is 12.2 Å². The van der Waals surface area contributed by atoms with Crippen molar-refractivity contribution in [2.24, 2.45) is 0 Å². The molecule has 1 saturated heterocycles. The fourth-order valence-electron chi connectivity index (χ4n) is 1.88. The van der Waals surface area contributed by atoms with Crippen LogP contribution >= 0.6 is 0 Å². The number of carboxylic acid groups (broad SMARTS) is 1. The van der Waals surface area contributed by atoms with Crippen LogP contribution in [-0.4, -0.2) is 22.6 Å². The van der Waals surface area contributed by atoms with Crippen LogP contribution in [0.2, 0.25) is 0 Å². The van der Waals surface area contributed by atoms with E-state index in [0.29, 0.717) is 5.56 Å². The van der Waals surface area contributed by atoms with E-state index in [1.165, 1.54) is 18.9 Å². The molecule has 0 bridgehead atoms. The van der Waals surface area contributed by atoms with Crippen molar-refractivity contribution in [2.75, 3.05) is 6.54 Å². The van der Waals surface area contributed by atoms with Gasteiger partial charge in [0.25, 0.3) is 0 Å². The highest BCUT2D eigenvalue weighted by atomic mass is 16.4. The van der Waals surface area contributed by atoms with Crippen LogP contribution in [0.1, 0.15) is 41.4 Å². The summed E-state index contributed by atoms with van der Waals surface area (Å²) < 4.78 is 0. The van der Waals surface area contributed by atoms with Gasteiger partial charge in [-0.2, -0.15) is 0 Å². The fraction of sp³-hybridized carbons (Fsp3) is 0.455. The number of rotatable bonds is 2. The van der Waals surface area contributed by atoms with Crippen molar-refractivity contribution in [3.63, 3.8) is 0 Å². The molecule has 1 aromatic rings. The minimum Gasteiger partial charge on any atom is -0.478 e. The molecule has 2 N–H and O–H groups in total. The van der Waals surface area contributed by atoms with E-state index in [0.717, 1.165) is 18.7 Å². The van der Waals surface area contributed by atoms with Gasteiger partial charge in [0.15, 0.2) is 0 Å². The quantitative estimate of drug-likeness (QED) is 0.771. The summed E-state index contributed by atoms with van der Waals surface area (Å²) in [6, 6.07) is 3.40. The summed E-state index contributed by atoms with van der Waals surface area (Å²) in [6.07, 6.45) is 4.97. The normalized spacial score (nSPS) is 21.2. The molecule has 1 aliphatic heterocycles. The summed E-state index contributed by atoms with van der Waals surface area (Å²) in [4.78, 5) is 15.0. The van der Waals surface area contributed by atoms with Gasteiger partial charge in [0.05, 0.1) is 11.3 Å². The van der Waals surface area contributed by atoms with E-state index < -0.39 is 5.97 Å². The van der Waals surface area contributed by atoms with Crippen molar-refractivity contribution < 1.29 is 9.90 Å². The summed E-state index contributed by atoms with van der Waals surface area (Å²) in [7, 11) is 0. The molecule has 0 amide bonds. The van der Waals surface area contributed by atoms with E-state index in [9.17, 15) is 4.79 Å². The number of nitrogens with zero attached hydrogens (tertiary/aromatic N) is 1. The van der Waals surface area contributed by atoms with E-state index in [1.54, 1.807) is 12.3 Å². The smallest absolute Gasteiger partial charge is 0.335 e. The second kappa shape index (κ2) is 4.40. The van der Waals surface area contributed by atoms with Gasteiger partial charge in [-0.1, -0.05) is 6.42 Å². The third-order valence-electron chi connectivity index (χ3n) is 2.70. The Bertz CT molecular complexity index is 359. The fourth-order valence-corrected chi connectivity index (χ4v) is 1.88. The topological polar surface area (TPSA) is 62.2 Å². The molecule has 1 aliphatic rings. The largest absolute Gasteiger partial charge is 0.478 e. The molecule has 2 heterocycles. The summed E-state index contributed by atoms with van der Waals surface area (Å²) in [5, 5.41) is 12.2. The van der Waals surface area contributed by atoms with Crippen LogP contribution < -0.4 is 5.32 Å². The van der Waals surface area contributed by atoms with E-state index in [-0.39, 0.29) is 6.04 Å². The van der Waals surface area contributed by atoms with Crippen LogP contribution in [0.4, 0.5) is 0 Å². The van der Waals surface area contributed by atoms with Crippen molar-refractivity contribution in [3.8, 4) is 0 Å². The minimum absolute atomic E-state index is 0.220. The Morgan fingerprint density at radius 2 is 2.40 bits per heavy atom. The molecule has 0 aliphatic carbocycles. The first-order valence-electron chi connectivity index (χ1n) is 5.20. The van der Waals surface area contributed by atoms with Gasteiger partial charge in [-0.25, -0.2) is 4.79 Å². The van der Waals surface area contributed by atoms with E-state index in [2.05, 4.69) is 10.3 Å². The van der Waals surface area contributed by atoms with Crippen LogP contribution in [-0.2, 0) is 0 Å². The molecule has 0 aromatic carbocycles. The lowest BCUT2D eigenvalue weighted by Gasteiger charge is -2.22. The van der Waals surface area contributed by atoms with Crippen molar-refractivity contribution in [1.82, 2.24) is 10.3 Å². The Balaban J connectivity index is 2.19. The standard InChI is InChI=1S/C11H14N2O2/c14-11(15)8-4-6-13-10(7-8)9-3-1-2-5-12-9/h4,6-7,9,12H,1-3,5H2,(H,14,15). The molecule has 1 aromatic heterocycles. The maximum absolute atomic E-state index is 10.8. The average Bonchev–Trinajstić information content (AvgIpc) is 2.30. The first kappa shape index (κ1) is 10.1. The number of pyridine rings is 1. The Hall–Kier alpha value is -1.42. The van der Waals surface area contributed by atoms with Crippen LogP contribution in [0.15, 0.2) is 18.3 Å². The van der Waals surface area contributed by atoms with E-state index in [4.69, 9.17) is 5.11 Å². The van der Waals surface area contributed by atoms with E-state index >= 15 is 0 Å². The van der Waals surface area contributed by atoms with E-state index in [1.807, 2.05) is 0 Å². The van der Waals surface area contributed by atoms with Crippen LogP contribution in [0.25, 0.3) is 0 Å². The lowest BCUT2D eigenvalue weighted by molar-refractivity contribution is 0.0696. The number of aromatic nitrogens is 1. The number of nitrogens with one attached hydrogen (secondary N) is 1. The second-order valence-corrected chi connectivity index (χ2v) is 3.78. The Kier molecular flexibility index (Phi) is 2.97. The van der Waals surface area contributed by atoms with Gasteiger partial charge in [0.2, 0.25) is 0 Å². The highest BCUT2D eigenvalue weighted by molar-refractivity contribution is 5.87. The van der Waals surface area contributed by atoms with Crippen molar-refractivity contribution in [3.05, 3.63) is 29.6 Å². The van der Waals surface area contributed by atoms with Gasteiger partial charge < -0.3 is 10.4 Å². The number of hydrogen-bond acceptors (Lipinski definition) is 3. The molecule has 0 saturated carbocycles. The Morgan fingerprint density at radius 1 is 1.53 bits per heavy atom. The summed E-state index contributed by atoms with van der Waals surface area (Å²) >= 11 is 0. The lowest BCUT2D eigenvalue weighted by atomic mass is 10.0. The number of carbonyl (C=O) groups is 1. The van der Waals surface area contributed by atoms with Crippen molar-refractivity contribution in [2.45, 2.75) is 25.3 Å². The molecule has 1 fully saturated rings. The van der Waals surface area contributed by atoms with Crippen molar-refractivity contribution in [1.29, 1.82) is 0 Å². The molecule has 1 unspecified atom stereocenters. The molecule has 1 atom stereocenters. The second-order valence-electron chi connectivity index (χ2n) is 3.78. The predicted molar refractivity (Wildman–Crippen MR) is 55.8 cm³/mol. The lowest BCUT2D eigenvalue weighted by Crippen LogP contribution is -2.27. The first-order valence-corrected chi connectivity index (χ1v) is 5.20. The third kappa shape index (κ3) is 2.33. The zero-order chi connectivity index (χ0) is 10.7. The zero-order valence-electron chi connectivity index (χ0n) is 8.44.